The molecule has 2 nitrogen and oxygen atoms in total. The van der Waals surface area contributed by atoms with Crippen LogP contribution in [0.25, 0.3) is 0 Å². The van der Waals surface area contributed by atoms with E-state index in [2.05, 4.69) is 12.2 Å². The maximum absolute atomic E-state index is 8.59. The summed E-state index contributed by atoms with van der Waals surface area (Å²) in [4.78, 5) is 0. The highest BCUT2D eigenvalue weighted by atomic mass is 16.3. The van der Waals surface area contributed by atoms with Gasteiger partial charge in [0.1, 0.15) is 0 Å². The Labute approximate surface area is 69.0 Å². The van der Waals surface area contributed by atoms with Crippen molar-refractivity contribution in [1.82, 2.24) is 5.32 Å². The molecule has 1 aliphatic carbocycles. The summed E-state index contributed by atoms with van der Waals surface area (Å²) >= 11 is 0. The maximum Gasteiger partial charge on any atom is 0.0556 e. The van der Waals surface area contributed by atoms with Gasteiger partial charge in [0.15, 0.2) is 0 Å². The molecule has 0 spiro atoms. The van der Waals surface area contributed by atoms with Crippen molar-refractivity contribution in [2.75, 3.05) is 13.2 Å². The van der Waals surface area contributed by atoms with Gasteiger partial charge in [-0.1, -0.05) is 6.92 Å². The first-order chi connectivity index (χ1) is 5.33. The Hall–Kier alpha value is -0.0800. The van der Waals surface area contributed by atoms with Gasteiger partial charge in [0.05, 0.1) is 6.61 Å². The van der Waals surface area contributed by atoms with E-state index in [9.17, 15) is 0 Å². The summed E-state index contributed by atoms with van der Waals surface area (Å²) in [6.07, 6.45) is 5.29. The summed E-state index contributed by atoms with van der Waals surface area (Å²) in [6, 6.07) is 0.679. The normalized spacial score (nSPS) is 32.2. The van der Waals surface area contributed by atoms with Crippen LogP contribution in [0.4, 0.5) is 0 Å². The lowest BCUT2D eigenvalue weighted by Crippen LogP contribution is -2.34. The van der Waals surface area contributed by atoms with Gasteiger partial charge < -0.3 is 10.4 Å². The minimum absolute atomic E-state index is 0.270. The zero-order valence-corrected chi connectivity index (χ0v) is 7.34. The molecule has 0 bridgehead atoms. The van der Waals surface area contributed by atoms with E-state index in [0.717, 1.165) is 12.5 Å². The Bertz CT molecular complexity index is 95.0. The zero-order valence-electron chi connectivity index (χ0n) is 7.34. The van der Waals surface area contributed by atoms with Crippen LogP contribution in [-0.4, -0.2) is 24.3 Å². The van der Waals surface area contributed by atoms with Gasteiger partial charge in [0.25, 0.3) is 0 Å². The van der Waals surface area contributed by atoms with Crippen LogP contribution in [0, 0.1) is 5.92 Å². The second-order valence-electron chi connectivity index (χ2n) is 3.63. The number of nitrogens with one attached hydrogen (secondary N) is 1. The van der Waals surface area contributed by atoms with E-state index in [4.69, 9.17) is 5.11 Å². The molecule has 0 aromatic rings. The van der Waals surface area contributed by atoms with Crippen LogP contribution < -0.4 is 5.32 Å². The minimum atomic E-state index is 0.270. The van der Waals surface area contributed by atoms with Crippen molar-refractivity contribution in [2.24, 2.45) is 5.92 Å². The molecule has 11 heavy (non-hydrogen) atoms. The molecule has 0 aromatic heterocycles. The summed E-state index contributed by atoms with van der Waals surface area (Å²) in [7, 11) is 0. The van der Waals surface area contributed by atoms with Gasteiger partial charge in [-0.25, -0.2) is 0 Å². The van der Waals surface area contributed by atoms with Gasteiger partial charge >= 0.3 is 0 Å². The molecular weight excluding hydrogens is 138 g/mol. The van der Waals surface area contributed by atoms with Crippen LogP contribution in [-0.2, 0) is 0 Å². The molecular formula is C9H19NO. The van der Waals surface area contributed by atoms with Gasteiger partial charge in [-0.15, -0.1) is 0 Å². The predicted octanol–water partition coefficient (Wildman–Crippen LogP) is 1.15. The number of hydrogen-bond acceptors (Lipinski definition) is 2. The fourth-order valence-electron chi connectivity index (χ4n) is 1.73. The Balaban J connectivity index is 2.07. The molecule has 66 valence electrons. The van der Waals surface area contributed by atoms with Crippen molar-refractivity contribution in [3.8, 4) is 0 Å². The van der Waals surface area contributed by atoms with Gasteiger partial charge in [-0.2, -0.15) is 0 Å². The van der Waals surface area contributed by atoms with Crippen LogP contribution in [0.3, 0.4) is 0 Å². The standard InChI is InChI=1S/C9H19NO/c1-8-2-4-9(5-3-8)10-6-7-11/h8-11H,2-7H2,1H3. The fraction of sp³-hybridized carbons (Fsp3) is 1.00. The Kier molecular flexibility index (Phi) is 3.87. The van der Waals surface area contributed by atoms with Crippen LogP contribution in [0.15, 0.2) is 0 Å². The lowest BCUT2D eigenvalue weighted by Gasteiger charge is -2.26. The predicted molar refractivity (Wildman–Crippen MR) is 46.5 cm³/mol. The summed E-state index contributed by atoms with van der Waals surface area (Å²) in [5.74, 6) is 0.919. The fourth-order valence-corrected chi connectivity index (χ4v) is 1.73. The van der Waals surface area contributed by atoms with Crippen molar-refractivity contribution >= 4 is 0 Å². The molecule has 1 aliphatic rings. The van der Waals surface area contributed by atoms with Crippen molar-refractivity contribution in [3.63, 3.8) is 0 Å². The van der Waals surface area contributed by atoms with Gasteiger partial charge in [0.2, 0.25) is 0 Å². The summed E-state index contributed by atoms with van der Waals surface area (Å²) < 4.78 is 0. The second kappa shape index (κ2) is 4.73. The molecule has 1 fully saturated rings. The van der Waals surface area contributed by atoms with Crippen molar-refractivity contribution in [2.45, 2.75) is 38.6 Å². The van der Waals surface area contributed by atoms with E-state index in [1.807, 2.05) is 0 Å². The first-order valence-corrected chi connectivity index (χ1v) is 4.67. The third-order valence-corrected chi connectivity index (χ3v) is 2.56. The molecule has 1 saturated carbocycles. The number of aliphatic hydroxyl groups excluding tert-OH is 1. The Morgan fingerprint density at radius 3 is 2.45 bits per heavy atom. The van der Waals surface area contributed by atoms with E-state index in [1.54, 1.807) is 0 Å². The van der Waals surface area contributed by atoms with E-state index in [-0.39, 0.29) is 6.61 Å². The third kappa shape index (κ3) is 3.21. The highest BCUT2D eigenvalue weighted by Gasteiger charge is 2.16. The van der Waals surface area contributed by atoms with Crippen molar-refractivity contribution < 1.29 is 5.11 Å². The first kappa shape index (κ1) is 9.01. The van der Waals surface area contributed by atoms with Crippen molar-refractivity contribution in [3.05, 3.63) is 0 Å². The monoisotopic (exact) mass is 157 g/mol. The number of aliphatic hydroxyl groups is 1. The third-order valence-electron chi connectivity index (χ3n) is 2.56. The highest BCUT2D eigenvalue weighted by Crippen LogP contribution is 2.22. The molecule has 0 aliphatic heterocycles. The molecule has 0 heterocycles. The van der Waals surface area contributed by atoms with Gasteiger partial charge in [0, 0.05) is 12.6 Å². The van der Waals surface area contributed by atoms with Gasteiger partial charge in [-0.05, 0) is 31.6 Å². The Morgan fingerprint density at radius 1 is 1.27 bits per heavy atom. The van der Waals surface area contributed by atoms with Crippen molar-refractivity contribution in [1.29, 1.82) is 0 Å². The highest BCUT2D eigenvalue weighted by molar-refractivity contribution is 4.74. The maximum atomic E-state index is 8.59. The zero-order chi connectivity index (χ0) is 8.10. The first-order valence-electron chi connectivity index (χ1n) is 4.67. The van der Waals surface area contributed by atoms with Crippen LogP contribution >= 0.6 is 0 Å². The van der Waals surface area contributed by atoms with E-state index in [0.29, 0.717) is 6.04 Å². The summed E-state index contributed by atoms with van der Waals surface area (Å²) in [5, 5.41) is 11.9. The average molecular weight is 157 g/mol. The molecule has 2 heteroatoms. The summed E-state index contributed by atoms with van der Waals surface area (Å²) in [6.45, 7) is 3.35. The topological polar surface area (TPSA) is 32.3 Å². The van der Waals surface area contributed by atoms with E-state index < -0.39 is 0 Å². The molecule has 0 amide bonds. The number of hydrogen-bond donors (Lipinski definition) is 2. The van der Waals surface area contributed by atoms with E-state index >= 15 is 0 Å². The van der Waals surface area contributed by atoms with Crippen LogP contribution in [0.1, 0.15) is 32.6 Å². The molecule has 0 saturated heterocycles. The second-order valence-corrected chi connectivity index (χ2v) is 3.63. The van der Waals surface area contributed by atoms with Crippen LogP contribution in [0.5, 0.6) is 0 Å². The average Bonchev–Trinajstić information content (AvgIpc) is 2.04. The molecule has 2 N–H and O–H groups in total. The molecule has 0 radical (unpaired) electrons. The Morgan fingerprint density at radius 2 is 1.91 bits per heavy atom. The lowest BCUT2D eigenvalue weighted by atomic mass is 9.87. The molecule has 0 aromatic carbocycles. The molecule has 0 unspecified atom stereocenters. The van der Waals surface area contributed by atoms with Crippen LogP contribution in [0.2, 0.25) is 0 Å². The smallest absolute Gasteiger partial charge is 0.0556 e. The largest absolute Gasteiger partial charge is 0.395 e. The SMILES string of the molecule is CC1CCC(NCCO)CC1. The van der Waals surface area contributed by atoms with E-state index in [1.165, 1.54) is 25.7 Å². The quantitative estimate of drug-likeness (QED) is 0.644. The number of rotatable bonds is 3. The van der Waals surface area contributed by atoms with Gasteiger partial charge in [-0.3, -0.25) is 0 Å². The molecule has 0 atom stereocenters. The minimum Gasteiger partial charge on any atom is -0.395 e. The summed E-state index contributed by atoms with van der Waals surface area (Å²) in [5.41, 5.74) is 0. The molecule has 1 rings (SSSR count). The lowest BCUT2D eigenvalue weighted by molar-refractivity contribution is 0.258.